The number of methoxy groups -OCH3 is 1. The molecule has 3 N–H and O–H groups in total. The summed E-state index contributed by atoms with van der Waals surface area (Å²) in [6.07, 6.45) is 1.57. The molecule has 0 aliphatic rings. The van der Waals surface area contributed by atoms with Gasteiger partial charge in [0.2, 0.25) is 4.77 Å². The Labute approximate surface area is 104 Å². The summed E-state index contributed by atoms with van der Waals surface area (Å²) < 4.78 is 7.00. The Kier molecular flexibility index (Phi) is 3.43. The van der Waals surface area contributed by atoms with E-state index in [2.05, 4.69) is 10.2 Å². The van der Waals surface area contributed by atoms with Crippen LogP contribution in [0.4, 0.5) is 0 Å². The van der Waals surface area contributed by atoms with E-state index in [9.17, 15) is 0 Å². The van der Waals surface area contributed by atoms with Crippen molar-refractivity contribution >= 4 is 12.2 Å². The van der Waals surface area contributed by atoms with E-state index in [0.29, 0.717) is 4.77 Å². The molecule has 2 rings (SSSR count). The number of aromatic amines is 1. The monoisotopic (exact) mass is 250 g/mol. The van der Waals surface area contributed by atoms with Gasteiger partial charge < -0.3 is 10.6 Å². The highest BCUT2D eigenvalue weighted by molar-refractivity contribution is 7.71. The number of aromatic nitrogens is 3. The fourth-order valence-electron chi connectivity index (χ4n) is 1.60. The Balaban J connectivity index is 2.07. The first-order valence-corrected chi connectivity index (χ1v) is 5.66. The summed E-state index contributed by atoms with van der Waals surface area (Å²) in [6.45, 7) is 0. The zero-order valence-electron chi connectivity index (χ0n) is 9.51. The zero-order chi connectivity index (χ0) is 12.3. The Hall–Kier alpha value is -1.82. The first kappa shape index (κ1) is 11.7. The number of nitrogens with two attached hydrogens (primary N) is 1. The van der Waals surface area contributed by atoms with Gasteiger partial charge >= 0.3 is 0 Å². The van der Waals surface area contributed by atoms with Gasteiger partial charge in [0.25, 0.3) is 0 Å². The molecule has 0 saturated heterocycles. The van der Waals surface area contributed by atoms with Gasteiger partial charge in [0.15, 0.2) is 5.82 Å². The van der Waals surface area contributed by atoms with E-state index in [1.165, 1.54) is 10.2 Å². The Morgan fingerprint density at radius 3 is 2.94 bits per heavy atom. The van der Waals surface area contributed by atoms with Gasteiger partial charge in [0, 0.05) is 6.42 Å². The second-order valence-corrected chi connectivity index (χ2v) is 4.05. The summed E-state index contributed by atoms with van der Waals surface area (Å²) >= 11 is 4.94. The van der Waals surface area contributed by atoms with Crippen molar-refractivity contribution in [3.63, 3.8) is 0 Å². The molecule has 0 amide bonds. The Bertz CT molecular complexity index is 561. The van der Waals surface area contributed by atoms with Gasteiger partial charge in [0.1, 0.15) is 5.75 Å². The van der Waals surface area contributed by atoms with Crippen molar-refractivity contribution in [2.45, 2.75) is 12.8 Å². The molecule has 6 heteroatoms. The predicted octanol–water partition coefficient (Wildman–Crippen LogP) is 1.45. The van der Waals surface area contributed by atoms with Crippen LogP contribution in [0.1, 0.15) is 11.4 Å². The highest BCUT2D eigenvalue weighted by Gasteiger charge is 2.04. The topological polar surface area (TPSA) is 68.9 Å². The van der Waals surface area contributed by atoms with Crippen LogP contribution in [0.5, 0.6) is 5.75 Å². The summed E-state index contributed by atoms with van der Waals surface area (Å²) in [5, 5.41) is 6.72. The number of hydrogen-bond acceptors (Lipinski definition) is 4. The largest absolute Gasteiger partial charge is 0.497 e. The lowest BCUT2D eigenvalue weighted by Crippen LogP contribution is -2.13. The van der Waals surface area contributed by atoms with Crippen LogP contribution >= 0.6 is 12.2 Å². The maximum atomic E-state index is 5.72. The van der Waals surface area contributed by atoms with E-state index in [0.717, 1.165) is 24.4 Å². The van der Waals surface area contributed by atoms with Crippen molar-refractivity contribution in [2.75, 3.05) is 13.0 Å². The molecular formula is C11H14N4OS. The fraction of sp³-hybridized carbons (Fsp3) is 0.273. The molecule has 0 atom stereocenters. The number of aryl methyl sites for hydroxylation is 2. The number of hydrogen-bond donors (Lipinski definition) is 2. The van der Waals surface area contributed by atoms with E-state index in [1.807, 2.05) is 24.3 Å². The number of H-pyrrole nitrogens is 1. The van der Waals surface area contributed by atoms with Crippen molar-refractivity contribution in [3.8, 4) is 5.75 Å². The van der Waals surface area contributed by atoms with E-state index in [-0.39, 0.29) is 0 Å². The van der Waals surface area contributed by atoms with Gasteiger partial charge in [0.05, 0.1) is 7.11 Å². The van der Waals surface area contributed by atoms with Crippen LogP contribution in [0.15, 0.2) is 24.3 Å². The van der Waals surface area contributed by atoms with Crippen molar-refractivity contribution < 1.29 is 4.74 Å². The average Bonchev–Trinajstić information content (AvgIpc) is 2.68. The minimum atomic E-state index is 0.436. The molecule has 0 saturated carbocycles. The van der Waals surface area contributed by atoms with Crippen molar-refractivity contribution in [1.82, 2.24) is 14.9 Å². The number of rotatable bonds is 4. The molecule has 0 fully saturated rings. The highest BCUT2D eigenvalue weighted by Crippen LogP contribution is 2.14. The lowest BCUT2D eigenvalue weighted by molar-refractivity contribution is 0.414. The van der Waals surface area contributed by atoms with E-state index in [4.69, 9.17) is 22.8 Å². The molecular weight excluding hydrogens is 236 g/mol. The van der Waals surface area contributed by atoms with E-state index < -0.39 is 0 Å². The number of nitrogens with one attached hydrogen (secondary N) is 1. The normalized spacial score (nSPS) is 10.4. The SMILES string of the molecule is COc1cccc(CCc2n[nH]c(=S)n2N)c1. The molecule has 0 radical (unpaired) electrons. The third-order valence-corrected chi connectivity index (χ3v) is 2.84. The summed E-state index contributed by atoms with van der Waals surface area (Å²) in [7, 11) is 1.66. The molecule has 90 valence electrons. The van der Waals surface area contributed by atoms with Gasteiger partial charge in [-0.1, -0.05) is 12.1 Å². The summed E-state index contributed by atoms with van der Waals surface area (Å²) in [5.41, 5.74) is 1.18. The zero-order valence-corrected chi connectivity index (χ0v) is 10.3. The maximum Gasteiger partial charge on any atom is 0.214 e. The number of nitrogens with zero attached hydrogens (tertiary/aromatic N) is 2. The molecule has 0 bridgehead atoms. The minimum absolute atomic E-state index is 0.436. The average molecular weight is 250 g/mol. The lowest BCUT2D eigenvalue weighted by Gasteiger charge is -2.04. The molecule has 2 aromatic rings. The fourth-order valence-corrected chi connectivity index (χ4v) is 1.75. The molecule has 0 unspecified atom stereocenters. The van der Waals surface area contributed by atoms with Crippen LogP contribution in [0.2, 0.25) is 0 Å². The molecule has 0 spiro atoms. The van der Waals surface area contributed by atoms with E-state index in [1.54, 1.807) is 7.11 Å². The van der Waals surface area contributed by atoms with Gasteiger partial charge in [-0.3, -0.25) is 5.10 Å². The van der Waals surface area contributed by atoms with Crippen molar-refractivity contribution in [3.05, 3.63) is 40.4 Å². The van der Waals surface area contributed by atoms with Crippen LogP contribution in [-0.4, -0.2) is 22.0 Å². The predicted molar refractivity (Wildman–Crippen MR) is 68.0 cm³/mol. The molecule has 17 heavy (non-hydrogen) atoms. The number of ether oxygens (including phenoxy) is 1. The number of nitrogen functional groups attached to an aromatic ring is 1. The first-order valence-electron chi connectivity index (χ1n) is 5.25. The highest BCUT2D eigenvalue weighted by atomic mass is 32.1. The Morgan fingerprint density at radius 2 is 2.29 bits per heavy atom. The summed E-state index contributed by atoms with van der Waals surface area (Å²) in [5.74, 6) is 7.32. The van der Waals surface area contributed by atoms with Crippen LogP contribution in [0.3, 0.4) is 0 Å². The summed E-state index contributed by atoms with van der Waals surface area (Å²) in [4.78, 5) is 0. The van der Waals surface area contributed by atoms with Gasteiger partial charge in [-0.05, 0) is 36.3 Å². The quantitative estimate of drug-likeness (QED) is 0.636. The van der Waals surface area contributed by atoms with Crippen LogP contribution < -0.4 is 10.6 Å². The summed E-state index contributed by atoms with van der Waals surface area (Å²) in [6, 6.07) is 7.93. The smallest absolute Gasteiger partial charge is 0.214 e. The third kappa shape index (κ3) is 2.65. The van der Waals surface area contributed by atoms with E-state index >= 15 is 0 Å². The second kappa shape index (κ2) is 5.01. The second-order valence-electron chi connectivity index (χ2n) is 3.67. The van der Waals surface area contributed by atoms with Crippen LogP contribution in [-0.2, 0) is 12.8 Å². The standard InChI is InChI=1S/C11H14N4OS/c1-16-9-4-2-3-8(7-9)5-6-10-13-14-11(17)15(10)12/h2-4,7H,5-6,12H2,1H3,(H,14,17). The molecule has 5 nitrogen and oxygen atoms in total. The number of benzene rings is 1. The van der Waals surface area contributed by atoms with Gasteiger partial charge in [-0.15, -0.1) is 0 Å². The molecule has 1 heterocycles. The first-order chi connectivity index (χ1) is 8.20. The molecule has 1 aromatic carbocycles. The molecule has 0 aliphatic carbocycles. The van der Waals surface area contributed by atoms with Crippen molar-refractivity contribution in [1.29, 1.82) is 0 Å². The van der Waals surface area contributed by atoms with Gasteiger partial charge in [-0.2, -0.15) is 5.10 Å². The minimum Gasteiger partial charge on any atom is -0.497 e. The van der Waals surface area contributed by atoms with Crippen LogP contribution in [0, 0.1) is 4.77 Å². The van der Waals surface area contributed by atoms with Gasteiger partial charge in [-0.25, -0.2) is 4.68 Å². The maximum absolute atomic E-state index is 5.72. The van der Waals surface area contributed by atoms with Crippen LogP contribution in [0.25, 0.3) is 0 Å². The third-order valence-electron chi connectivity index (χ3n) is 2.55. The molecule has 1 aromatic heterocycles. The molecule has 0 aliphatic heterocycles. The lowest BCUT2D eigenvalue weighted by atomic mass is 10.1. The van der Waals surface area contributed by atoms with Crippen molar-refractivity contribution in [2.24, 2.45) is 0 Å². The Morgan fingerprint density at radius 1 is 1.47 bits per heavy atom.